The largest absolute Gasteiger partial charge is 0.463 e. The molecule has 0 aromatic carbocycles. The van der Waals surface area contributed by atoms with Crippen LogP contribution in [0.3, 0.4) is 0 Å². The molecule has 0 radical (unpaired) electrons. The Balaban J connectivity index is 1.39. The quantitative estimate of drug-likeness (QED) is 0.604. The highest BCUT2D eigenvalue weighted by Crippen LogP contribution is 2.68. The number of allylic oxidation sites excluding steroid dienone is 2. The second-order valence-electron chi connectivity index (χ2n) is 10.6. The highest BCUT2D eigenvalue weighted by molar-refractivity contribution is 5.91. The van der Waals surface area contributed by atoms with Gasteiger partial charge in [-0.1, -0.05) is 13.0 Å². The van der Waals surface area contributed by atoms with Crippen molar-refractivity contribution in [1.29, 1.82) is 0 Å². The molecule has 3 nitrogen and oxygen atoms in total. The van der Waals surface area contributed by atoms with Crippen LogP contribution in [0.4, 0.5) is 0 Å². The maximum atomic E-state index is 12.0. The van der Waals surface area contributed by atoms with Crippen LogP contribution in [0.5, 0.6) is 0 Å². The maximum Gasteiger partial charge on any atom is 0.302 e. The number of ketones is 1. The third-order valence-electron chi connectivity index (χ3n) is 9.74. The molecule has 5 rings (SSSR count). The first-order chi connectivity index (χ1) is 12.9. The van der Waals surface area contributed by atoms with E-state index >= 15 is 0 Å². The summed E-state index contributed by atoms with van der Waals surface area (Å²) in [5.41, 5.74) is 0.765. The predicted molar refractivity (Wildman–Crippen MR) is 104 cm³/mol. The van der Waals surface area contributed by atoms with Crippen LogP contribution >= 0.6 is 0 Å². The van der Waals surface area contributed by atoms with E-state index in [0.717, 1.165) is 37.0 Å². The molecule has 5 aliphatic rings. The molecule has 0 unspecified atom stereocenters. The summed E-state index contributed by atoms with van der Waals surface area (Å²) in [5.74, 6) is 4.04. The van der Waals surface area contributed by atoms with Gasteiger partial charge in [-0.05, 0) is 104 Å². The molecule has 0 heterocycles. The van der Waals surface area contributed by atoms with E-state index in [-0.39, 0.29) is 12.1 Å². The van der Waals surface area contributed by atoms with E-state index in [1.54, 1.807) is 6.92 Å². The molecule has 4 fully saturated rings. The summed E-state index contributed by atoms with van der Waals surface area (Å²) in [6, 6.07) is 0. The molecule has 0 N–H and O–H groups in total. The van der Waals surface area contributed by atoms with Gasteiger partial charge in [-0.3, -0.25) is 9.59 Å². The molecule has 148 valence electrons. The van der Waals surface area contributed by atoms with Crippen LogP contribution in [0.2, 0.25) is 0 Å². The fourth-order valence-electron chi connectivity index (χ4n) is 8.59. The molecule has 4 saturated carbocycles. The van der Waals surface area contributed by atoms with Crippen molar-refractivity contribution in [3.05, 3.63) is 12.2 Å². The monoisotopic (exact) mass is 370 g/mol. The summed E-state index contributed by atoms with van der Waals surface area (Å²) in [4.78, 5) is 23.4. The van der Waals surface area contributed by atoms with Crippen LogP contribution in [0, 0.1) is 40.4 Å². The van der Waals surface area contributed by atoms with E-state index in [1.165, 1.54) is 44.9 Å². The molecule has 0 bridgehead atoms. The number of esters is 1. The normalized spacial score (nSPS) is 51.0. The summed E-state index contributed by atoms with van der Waals surface area (Å²) in [5, 5.41) is 0. The lowest BCUT2D eigenvalue weighted by molar-refractivity contribution is -0.159. The Morgan fingerprint density at radius 2 is 1.85 bits per heavy atom. The molecule has 8 atom stereocenters. The number of hydrogen-bond donors (Lipinski definition) is 0. The third-order valence-corrected chi connectivity index (χ3v) is 9.74. The standard InChI is InChI=1S/C24H34O3/c1-15(25)27-19-8-10-23(2)16(14-19)3-5-20-21(23)9-12-24-11-7-18(26)13-17(24)4-6-22(20)24/h7,11,16-17,19-22H,3-6,8-10,12-14H2,1-2H3/t16-,17+,19+,20+,21-,22-,23-,24-/m0/s1. The van der Waals surface area contributed by atoms with Crippen LogP contribution in [0.1, 0.15) is 78.1 Å². The van der Waals surface area contributed by atoms with Crippen molar-refractivity contribution in [2.24, 2.45) is 40.4 Å². The van der Waals surface area contributed by atoms with Crippen molar-refractivity contribution in [2.45, 2.75) is 84.2 Å². The molecule has 5 aliphatic carbocycles. The summed E-state index contributed by atoms with van der Waals surface area (Å²) < 4.78 is 5.59. The highest BCUT2D eigenvalue weighted by atomic mass is 16.5. The third kappa shape index (κ3) is 2.59. The Hall–Kier alpha value is -1.12. The van der Waals surface area contributed by atoms with Gasteiger partial charge in [-0.2, -0.15) is 0 Å². The molecule has 27 heavy (non-hydrogen) atoms. The Morgan fingerprint density at radius 1 is 1.04 bits per heavy atom. The van der Waals surface area contributed by atoms with Gasteiger partial charge in [0.25, 0.3) is 0 Å². The highest BCUT2D eigenvalue weighted by Gasteiger charge is 2.61. The minimum Gasteiger partial charge on any atom is -0.463 e. The van der Waals surface area contributed by atoms with Crippen molar-refractivity contribution in [3.8, 4) is 0 Å². The topological polar surface area (TPSA) is 43.4 Å². The second-order valence-corrected chi connectivity index (χ2v) is 10.6. The Morgan fingerprint density at radius 3 is 2.67 bits per heavy atom. The number of hydrogen-bond acceptors (Lipinski definition) is 3. The van der Waals surface area contributed by atoms with Crippen molar-refractivity contribution < 1.29 is 14.3 Å². The number of carbonyl (C=O) groups is 2. The van der Waals surface area contributed by atoms with Gasteiger partial charge in [0.15, 0.2) is 5.78 Å². The fraction of sp³-hybridized carbons (Fsp3) is 0.833. The number of ether oxygens (including phenoxy) is 1. The van der Waals surface area contributed by atoms with Crippen molar-refractivity contribution >= 4 is 11.8 Å². The van der Waals surface area contributed by atoms with E-state index in [1.807, 2.05) is 6.08 Å². The molecular formula is C24H34O3. The first-order valence-corrected chi connectivity index (χ1v) is 11.3. The zero-order valence-electron chi connectivity index (χ0n) is 16.9. The summed E-state index contributed by atoms with van der Waals surface area (Å²) in [6.07, 6.45) is 16.4. The lowest BCUT2D eigenvalue weighted by atomic mass is 9.44. The Bertz CT molecular complexity index is 681. The second kappa shape index (κ2) is 6.19. The molecule has 0 aliphatic heterocycles. The first-order valence-electron chi connectivity index (χ1n) is 11.3. The van der Waals surface area contributed by atoms with Gasteiger partial charge in [-0.25, -0.2) is 0 Å². The van der Waals surface area contributed by atoms with Crippen LogP contribution in [-0.2, 0) is 14.3 Å². The molecule has 0 aromatic rings. The SMILES string of the molecule is CC(=O)O[C@@H]1CC[C@@]2(C)[C@@H](CC[C@@H]3[C@@H]2CC[C@@]24C=CC(=O)C[C@H]2CC[C@@H]34)C1. The van der Waals surface area contributed by atoms with Crippen molar-refractivity contribution in [1.82, 2.24) is 0 Å². The molecule has 1 spiro atoms. The van der Waals surface area contributed by atoms with Crippen LogP contribution in [-0.4, -0.2) is 17.9 Å². The average molecular weight is 371 g/mol. The van der Waals surface area contributed by atoms with Crippen LogP contribution < -0.4 is 0 Å². The van der Waals surface area contributed by atoms with E-state index in [0.29, 0.717) is 28.4 Å². The van der Waals surface area contributed by atoms with Gasteiger partial charge in [0, 0.05) is 13.3 Å². The fourth-order valence-corrected chi connectivity index (χ4v) is 8.59. The number of rotatable bonds is 1. The molecule has 0 saturated heterocycles. The summed E-state index contributed by atoms with van der Waals surface area (Å²) in [7, 11) is 0. The van der Waals surface area contributed by atoms with E-state index in [9.17, 15) is 9.59 Å². The van der Waals surface area contributed by atoms with Crippen molar-refractivity contribution in [3.63, 3.8) is 0 Å². The average Bonchev–Trinajstić information content (AvgIpc) is 3.01. The van der Waals surface area contributed by atoms with Gasteiger partial charge >= 0.3 is 5.97 Å². The molecule has 3 heteroatoms. The maximum absolute atomic E-state index is 12.0. The zero-order valence-corrected chi connectivity index (χ0v) is 16.9. The Labute approximate surface area is 163 Å². The van der Waals surface area contributed by atoms with Gasteiger partial charge in [0.05, 0.1) is 0 Å². The van der Waals surface area contributed by atoms with Crippen LogP contribution in [0.25, 0.3) is 0 Å². The number of carbonyl (C=O) groups excluding carboxylic acids is 2. The smallest absolute Gasteiger partial charge is 0.302 e. The summed E-state index contributed by atoms with van der Waals surface area (Å²) >= 11 is 0. The molecule has 0 aromatic heterocycles. The van der Waals surface area contributed by atoms with Crippen LogP contribution in [0.15, 0.2) is 12.2 Å². The number of fused-ring (bicyclic) bond motifs is 4. The van der Waals surface area contributed by atoms with Crippen molar-refractivity contribution in [2.75, 3.05) is 0 Å². The van der Waals surface area contributed by atoms with E-state index in [4.69, 9.17) is 4.74 Å². The minimum atomic E-state index is -0.118. The zero-order chi connectivity index (χ0) is 18.8. The van der Waals surface area contributed by atoms with Gasteiger partial charge in [0.1, 0.15) is 6.10 Å². The minimum absolute atomic E-state index is 0.118. The first kappa shape index (κ1) is 17.9. The summed E-state index contributed by atoms with van der Waals surface area (Å²) in [6.45, 7) is 4.10. The predicted octanol–water partition coefficient (Wildman–Crippen LogP) is 5.09. The molecule has 0 amide bonds. The van der Waals surface area contributed by atoms with E-state index in [2.05, 4.69) is 13.0 Å². The van der Waals surface area contributed by atoms with Gasteiger partial charge in [0.2, 0.25) is 0 Å². The lowest BCUT2D eigenvalue weighted by Crippen LogP contribution is -2.54. The molecular weight excluding hydrogens is 336 g/mol. The lowest BCUT2D eigenvalue weighted by Gasteiger charge is -2.61. The van der Waals surface area contributed by atoms with Gasteiger partial charge < -0.3 is 4.74 Å². The Kier molecular flexibility index (Phi) is 4.11. The van der Waals surface area contributed by atoms with E-state index < -0.39 is 0 Å². The van der Waals surface area contributed by atoms with Gasteiger partial charge in [-0.15, -0.1) is 0 Å².